The lowest BCUT2D eigenvalue weighted by Crippen LogP contribution is -2.56. The highest BCUT2D eigenvalue weighted by atomic mass is 16.6. The molecule has 0 aromatic carbocycles. The fourth-order valence-electron chi connectivity index (χ4n) is 5.84. The molecule has 1 aliphatic carbocycles. The maximum atomic E-state index is 12.7. The number of hydrogen-bond donors (Lipinski definition) is 2. The Hall–Kier alpha value is -1.68. The van der Waals surface area contributed by atoms with Crippen LogP contribution in [-0.2, 0) is 23.7 Å². The van der Waals surface area contributed by atoms with Gasteiger partial charge in [-0.15, -0.1) is 0 Å². The highest BCUT2D eigenvalue weighted by Crippen LogP contribution is 2.59. The van der Waals surface area contributed by atoms with Gasteiger partial charge >= 0.3 is 12.1 Å². The topological polar surface area (TPSA) is 113 Å². The van der Waals surface area contributed by atoms with Crippen molar-refractivity contribution in [3.63, 3.8) is 0 Å². The third kappa shape index (κ3) is 5.37. The number of hydrogen-bond acceptors (Lipinski definition) is 7. The Bertz CT molecular complexity index is 771. The molecule has 6 atom stereocenters. The molecule has 9 heteroatoms. The van der Waals surface area contributed by atoms with Crippen LogP contribution in [0.4, 0.5) is 4.79 Å². The summed E-state index contributed by atoms with van der Waals surface area (Å²) in [5, 5.41) is 11.9. The molecule has 1 saturated carbocycles. The van der Waals surface area contributed by atoms with Crippen molar-refractivity contribution in [2.45, 2.75) is 88.4 Å². The Morgan fingerprint density at radius 3 is 2.52 bits per heavy atom. The first-order valence-corrected chi connectivity index (χ1v) is 12.1. The number of ether oxygens (including phenoxy) is 4. The third-order valence-electron chi connectivity index (χ3n) is 7.76. The number of carboxylic acid groups (broad SMARTS) is 1. The van der Waals surface area contributed by atoms with E-state index in [0.29, 0.717) is 39.0 Å². The summed E-state index contributed by atoms with van der Waals surface area (Å²) in [6.07, 6.45) is 4.98. The number of nitrogens with zero attached hydrogens (tertiary/aromatic N) is 1. The van der Waals surface area contributed by atoms with Crippen LogP contribution in [0.15, 0.2) is 11.6 Å². The standard InChI is InChI=1S/C24H38N2O7/c1-15(2)5-6-18-23(3,33-18)21-20(30-4)17(7-10-24(21)14-31-24)32-22(29)25-16-8-11-26(12-9-16)13-19(27)28/h5,16-18,20-21H,6-14H2,1-4H3,(H,25,29)(H,27,28)/t17-,18-,20-,21-,23+,24+/m1/s1. The first-order valence-electron chi connectivity index (χ1n) is 12.1. The molecule has 0 aromatic heterocycles. The molecule has 1 spiro atoms. The number of allylic oxidation sites excluding steroid dienone is 1. The van der Waals surface area contributed by atoms with Gasteiger partial charge in [0.1, 0.15) is 23.4 Å². The molecule has 2 N–H and O–H groups in total. The summed E-state index contributed by atoms with van der Waals surface area (Å²) in [5.74, 6) is -0.830. The zero-order chi connectivity index (χ0) is 23.8. The Morgan fingerprint density at radius 1 is 1.24 bits per heavy atom. The minimum atomic E-state index is -0.827. The number of carbonyl (C=O) groups is 2. The molecule has 3 heterocycles. The van der Waals surface area contributed by atoms with Crippen LogP contribution in [0.3, 0.4) is 0 Å². The fourth-order valence-corrected chi connectivity index (χ4v) is 5.84. The predicted molar refractivity (Wildman–Crippen MR) is 120 cm³/mol. The summed E-state index contributed by atoms with van der Waals surface area (Å²) in [6.45, 7) is 8.32. The van der Waals surface area contributed by atoms with Gasteiger partial charge < -0.3 is 29.4 Å². The maximum Gasteiger partial charge on any atom is 0.407 e. The molecule has 4 rings (SSSR count). The van der Waals surface area contributed by atoms with Crippen molar-refractivity contribution >= 4 is 12.1 Å². The van der Waals surface area contributed by atoms with Crippen molar-refractivity contribution in [1.29, 1.82) is 0 Å². The smallest absolute Gasteiger partial charge is 0.407 e. The van der Waals surface area contributed by atoms with Crippen molar-refractivity contribution in [2.75, 3.05) is 33.4 Å². The minimum Gasteiger partial charge on any atom is -0.480 e. The average Bonchev–Trinajstić information content (AvgIpc) is 3.66. The van der Waals surface area contributed by atoms with Crippen LogP contribution in [-0.4, -0.2) is 91.0 Å². The minimum absolute atomic E-state index is 0.00336. The summed E-state index contributed by atoms with van der Waals surface area (Å²) >= 11 is 0. The summed E-state index contributed by atoms with van der Waals surface area (Å²) in [4.78, 5) is 25.5. The quantitative estimate of drug-likeness (QED) is 0.414. The van der Waals surface area contributed by atoms with E-state index in [1.807, 2.05) is 4.90 Å². The molecule has 3 saturated heterocycles. The van der Waals surface area contributed by atoms with Crippen LogP contribution in [0.5, 0.6) is 0 Å². The molecule has 186 valence electrons. The summed E-state index contributed by atoms with van der Waals surface area (Å²) in [5.41, 5.74) is 0.657. The van der Waals surface area contributed by atoms with Crippen LogP contribution < -0.4 is 5.32 Å². The number of nitrogens with one attached hydrogen (secondary N) is 1. The number of epoxide rings is 2. The van der Waals surface area contributed by atoms with Crippen LogP contribution in [0.1, 0.15) is 52.9 Å². The Morgan fingerprint density at radius 2 is 1.94 bits per heavy atom. The Labute approximate surface area is 195 Å². The number of alkyl carbamates (subject to hydrolysis) is 1. The number of carbonyl (C=O) groups excluding carboxylic acids is 1. The number of rotatable bonds is 8. The second-order valence-electron chi connectivity index (χ2n) is 10.4. The van der Waals surface area contributed by atoms with Crippen molar-refractivity contribution in [1.82, 2.24) is 10.2 Å². The first-order chi connectivity index (χ1) is 15.7. The molecular weight excluding hydrogens is 428 g/mol. The van der Waals surface area contributed by atoms with Crippen molar-refractivity contribution < 1.29 is 33.6 Å². The number of likely N-dealkylation sites (tertiary alicyclic amines) is 1. The van der Waals surface area contributed by atoms with Gasteiger partial charge in [-0.25, -0.2) is 4.79 Å². The molecule has 3 aliphatic heterocycles. The maximum absolute atomic E-state index is 12.7. The van der Waals surface area contributed by atoms with Gasteiger partial charge in [0, 0.05) is 26.2 Å². The van der Waals surface area contributed by atoms with Gasteiger partial charge in [0.25, 0.3) is 0 Å². The number of piperidine rings is 1. The van der Waals surface area contributed by atoms with Gasteiger partial charge in [-0.2, -0.15) is 0 Å². The summed E-state index contributed by atoms with van der Waals surface area (Å²) in [7, 11) is 1.67. The van der Waals surface area contributed by atoms with Crippen LogP contribution >= 0.6 is 0 Å². The van der Waals surface area contributed by atoms with E-state index in [-0.39, 0.29) is 48.0 Å². The highest BCUT2D eigenvalue weighted by molar-refractivity contribution is 5.69. The molecule has 0 radical (unpaired) electrons. The van der Waals surface area contributed by atoms with Gasteiger partial charge in [-0.1, -0.05) is 11.6 Å². The lowest BCUT2D eigenvalue weighted by molar-refractivity contribution is -0.138. The summed E-state index contributed by atoms with van der Waals surface area (Å²) < 4.78 is 24.0. The van der Waals surface area contributed by atoms with Crippen LogP contribution in [0.2, 0.25) is 0 Å². The van der Waals surface area contributed by atoms with Crippen LogP contribution in [0, 0.1) is 5.92 Å². The van der Waals surface area contributed by atoms with Gasteiger partial charge in [0.15, 0.2) is 0 Å². The molecule has 0 bridgehead atoms. The molecule has 9 nitrogen and oxygen atoms in total. The number of aliphatic carboxylic acids is 1. The Balaban J connectivity index is 1.34. The van der Waals surface area contributed by atoms with Gasteiger partial charge in [-0.3, -0.25) is 9.69 Å². The zero-order valence-electron chi connectivity index (χ0n) is 20.2. The first kappa shape index (κ1) is 24.4. The number of amides is 1. The molecule has 4 fully saturated rings. The normalized spacial score (nSPS) is 38.5. The molecule has 1 amide bonds. The largest absolute Gasteiger partial charge is 0.480 e. The van der Waals surface area contributed by atoms with E-state index in [1.54, 1.807) is 7.11 Å². The summed E-state index contributed by atoms with van der Waals surface area (Å²) in [6, 6.07) is -0.0150. The van der Waals surface area contributed by atoms with E-state index < -0.39 is 12.1 Å². The molecule has 0 unspecified atom stereocenters. The molecule has 4 aliphatic rings. The fraction of sp³-hybridized carbons (Fsp3) is 0.833. The third-order valence-corrected chi connectivity index (χ3v) is 7.76. The van der Waals surface area contributed by atoms with Gasteiger partial charge in [-0.05, 0) is 52.9 Å². The second-order valence-corrected chi connectivity index (χ2v) is 10.4. The van der Waals surface area contributed by atoms with Crippen molar-refractivity contribution in [3.8, 4) is 0 Å². The molecular formula is C24H38N2O7. The monoisotopic (exact) mass is 466 g/mol. The SMILES string of the molecule is CO[C@@H]1[C@H](OC(=O)NC2CCN(CC(=O)O)CC2)CC[C@]2(CO2)[C@H]1[C@@]1(C)O[C@@H]1CC=C(C)C. The van der Waals surface area contributed by atoms with E-state index in [1.165, 1.54) is 5.57 Å². The zero-order valence-corrected chi connectivity index (χ0v) is 20.2. The lowest BCUT2D eigenvalue weighted by Gasteiger charge is -2.42. The van der Waals surface area contributed by atoms with Crippen molar-refractivity contribution in [2.24, 2.45) is 5.92 Å². The highest BCUT2D eigenvalue weighted by Gasteiger charge is 2.72. The van der Waals surface area contributed by atoms with Gasteiger partial charge in [0.2, 0.25) is 0 Å². The van der Waals surface area contributed by atoms with Crippen LogP contribution in [0.25, 0.3) is 0 Å². The Kier molecular flexibility index (Phi) is 7.05. The van der Waals surface area contributed by atoms with E-state index in [2.05, 4.69) is 32.2 Å². The molecule has 0 aromatic rings. The lowest BCUT2D eigenvalue weighted by atomic mass is 9.68. The van der Waals surface area contributed by atoms with Crippen molar-refractivity contribution in [3.05, 3.63) is 11.6 Å². The average molecular weight is 467 g/mol. The number of methoxy groups -OCH3 is 1. The van der Waals surface area contributed by atoms with E-state index in [4.69, 9.17) is 24.1 Å². The number of carboxylic acids is 1. The second kappa shape index (κ2) is 9.52. The molecule has 33 heavy (non-hydrogen) atoms. The van der Waals surface area contributed by atoms with Gasteiger partial charge in [0.05, 0.1) is 25.2 Å². The van der Waals surface area contributed by atoms with E-state index in [9.17, 15) is 9.59 Å². The van der Waals surface area contributed by atoms with E-state index in [0.717, 1.165) is 12.8 Å². The van der Waals surface area contributed by atoms with E-state index >= 15 is 0 Å². The predicted octanol–water partition coefficient (Wildman–Crippen LogP) is 2.34.